The molecule has 40 heavy (non-hydrogen) atoms. The highest BCUT2D eigenvalue weighted by Crippen LogP contribution is 2.27. The Bertz CT molecular complexity index is 1550. The molecule has 2 aromatic heterocycles. The predicted molar refractivity (Wildman–Crippen MR) is 158 cm³/mol. The third-order valence-corrected chi connectivity index (χ3v) is 6.83. The van der Waals surface area contributed by atoms with Crippen molar-refractivity contribution in [1.82, 2.24) is 15.2 Å². The molecule has 0 atom stereocenters. The van der Waals surface area contributed by atoms with E-state index in [1.165, 1.54) is 48.9 Å². The SMILES string of the molecule is CNC(=O)C(C=C(N)c1ccc(F)c(NC(=O)c2cc3ccccc3s2)c1)=Nc1ccc(OCCN(C)C)cn1. The summed E-state index contributed by atoms with van der Waals surface area (Å²) in [5, 5.41) is 6.07. The predicted octanol–water partition coefficient (Wildman–Crippen LogP) is 4.45. The fourth-order valence-corrected chi connectivity index (χ4v) is 4.54. The van der Waals surface area contributed by atoms with Gasteiger partial charge in [0.1, 0.15) is 23.9 Å². The van der Waals surface area contributed by atoms with Crippen LogP contribution in [0.1, 0.15) is 15.2 Å². The summed E-state index contributed by atoms with van der Waals surface area (Å²) < 4.78 is 21.2. The molecule has 2 amide bonds. The van der Waals surface area contributed by atoms with Crippen LogP contribution in [0.2, 0.25) is 0 Å². The maximum atomic E-state index is 14.6. The van der Waals surface area contributed by atoms with Crippen LogP contribution >= 0.6 is 11.3 Å². The number of halogens is 1. The molecule has 0 bridgehead atoms. The van der Waals surface area contributed by atoms with Crippen LogP contribution in [0.5, 0.6) is 5.75 Å². The van der Waals surface area contributed by atoms with E-state index in [1.807, 2.05) is 43.3 Å². The number of hydrogen-bond acceptors (Lipinski definition) is 8. The van der Waals surface area contributed by atoms with Gasteiger partial charge in [-0.2, -0.15) is 0 Å². The molecule has 0 spiro atoms. The van der Waals surface area contributed by atoms with Gasteiger partial charge in [-0.1, -0.05) is 18.2 Å². The van der Waals surface area contributed by atoms with E-state index in [0.29, 0.717) is 22.8 Å². The number of aliphatic imine (C=N–C) groups is 1. The minimum atomic E-state index is -0.622. The van der Waals surface area contributed by atoms with E-state index in [0.717, 1.165) is 16.6 Å². The molecular formula is C29H29FN6O3S. The molecule has 4 N–H and O–H groups in total. The topological polar surface area (TPSA) is 122 Å². The average Bonchev–Trinajstić information content (AvgIpc) is 3.39. The monoisotopic (exact) mass is 560 g/mol. The number of ether oxygens (including phenoxy) is 1. The summed E-state index contributed by atoms with van der Waals surface area (Å²) in [5.41, 5.74) is 6.77. The number of pyridine rings is 1. The van der Waals surface area contributed by atoms with Crippen LogP contribution in [0.15, 0.2) is 77.9 Å². The molecule has 0 fully saturated rings. The maximum absolute atomic E-state index is 14.6. The lowest BCUT2D eigenvalue weighted by Crippen LogP contribution is -2.26. The summed E-state index contributed by atoms with van der Waals surface area (Å²) >= 11 is 1.32. The first-order chi connectivity index (χ1) is 19.2. The summed E-state index contributed by atoms with van der Waals surface area (Å²) in [7, 11) is 5.37. The Morgan fingerprint density at radius 1 is 1.15 bits per heavy atom. The first-order valence-corrected chi connectivity index (χ1v) is 13.2. The van der Waals surface area contributed by atoms with Crippen molar-refractivity contribution in [3.8, 4) is 5.75 Å². The maximum Gasteiger partial charge on any atom is 0.269 e. The fraction of sp³-hybridized carbons (Fsp3) is 0.172. The number of carbonyl (C=O) groups is 2. The van der Waals surface area contributed by atoms with Crippen LogP contribution < -0.4 is 21.1 Å². The van der Waals surface area contributed by atoms with E-state index in [4.69, 9.17) is 10.5 Å². The first kappa shape index (κ1) is 28.4. The zero-order valence-corrected chi connectivity index (χ0v) is 23.1. The number of benzene rings is 2. The number of carbonyl (C=O) groups excluding carboxylic acids is 2. The molecule has 4 rings (SSSR count). The normalized spacial score (nSPS) is 12.0. The van der Waals surface area contributed by atoms with Crippen molar-refractivity contribution in [3.63, 3.8) is 0 Å². The number of anilines is 1. The number of likely N-dealkylation sites (N-methyl/N-ethyl adjacent to an activating group) is 1. The molecule has 0 aliphatic carbocycles. The van der Waals surface area contributed by atoms with Gasteiger partial charge in [-0.15, -0.1) is 11.3 Å². The second-order valence-electron chi connectivity index (χ2n) is 8.98. The van der Waals surface area contributed by atoms with Gasteiger partial charge in [0.2, 0.25) is 0 Å². The van der Waals surface area contributed by atoms with Gasteiger partial charge in [0.05, 0.1) is 16.8 Å². The highest BCUT2D eigenvalue weighted by atomic mass is 32.1. The number of nitrogens with zero attached hydrogens (tertiary/aromatic N) is 3. The van der Waals surface area contributed by atoms with Gasteiger partial charge < -0.3 is 26.0 Å². The largest absolute Gasteiger partial charge is 0.491 e. The van der Waals surface area contributed by atoms with Crippen molar-refractivity contribution in [2.45, 2.75) is 0 Å². The number of nitrogens with two attached hydrogens (primary N) is 1. The summed E-state index contributed by atoms with van der Waals surface area (Å²) in [6.45, 7) is 1.26. The van der Waals surface area contributed by atoms with Crippen molar-refractivity contribution in [2.75, 3.05) is 39.6 Å². The molecule has 0 saturated carbocycles. The molecule has 0 unspecified atom stereocenters. The van der Waals surface area contributed by atoms with Crippen LogP contribution in [0.4, 0.5) is 15.9 Å². The Hall–Kier alpha value is -4.61. The van der Waals surface area contributed by atoms with Crippen LogP contribution in [0, 0.1) is 5.82 Å². The Balaban J connectivity index is 1.54. The van der Waals surface area contributed by atoms with E-state index in [-0.39, 0.29) is 22.9 Å². The van der Waals surface area contributed by atoms with Crippen molar-refractivity contribution in [3.05, 3.63) is 89.2 Å². The molecule has 0 aliphatic rings. The van der Waals surface area contributed by atoms with Crippen molar-refractivity contribution >= 4 is 56.2 Å². The molecule has 4 aromatic rings. The standard InChI is InChI=1S/C29H29FN6O3S/c1-32-28(37)24(34-27-11-9-20(17-33-27)39-13-12-36(2)3)16-22(31)18-8-10-21(30)23(14-18)35-29(38)26-15-19-6-4-5-7-25(19)40-26/h4-11,14-17H,12-13,31H2,1-3H3,(H,32,37)(H,35,38). The van der Waals surface area contributed by atoms with Crippen LogP contribution in [0.25, 0.3) is 15.8 Å². The molecule has 206 valence electrons. The summed E-state index contributed by atoms with van der Waals surface area (Å²) in [5.74, 6) is -0.695. The number of hydrogen-bond donors (Lipinski definition) is 3. The number of fused-ring (bicyclic) bond motifs is 1. The Morgan fingerprint density at radius 3 is 2.65 bits per heavy atom. The second-order valence-corrected chi connectivity index (χ2v) is 10.1. The summed E-state index contributed by atoms with van der Waals surface area (Å²) in [4.78, 5) is 36.4. The molecule has 2 aromatic carbocycles. The fourth-order valence-electron chi connectivity index (χ4n) is 3.58. The zero-order valence-electron chi connectivity index (χ0n) is 22.3. The first-order valence-electron chi connectivity index (χ1n) is 12.3. The quantitative estimate of drug-likeness (QED) is 0.247. The van der Waals surface area contributed by atoms with Gasteiger partial charge in [-0.05, 0) is 73.6 Å². The molecule has 0 aliphatic heterocycles. The lowest BCUT2D eigenvalue weighted by Gasteiger charge is -2.10. The smallest absolute Gasteiger partial charge is 0.269 e. The number of aromatic nitrogens is 1. The van der Waals surface area contributed by atoms with E-state index in [1.54, 1.807) is 18.2 Å². The molecule has 0 radical (unpaired) electrons. The van der Waals surface area contributed by atoms with Gasteiger partial charge in [-0.25, -0.2) is 14.4 Å². The number of amides is 2. The third kappa shape index (κ3) is 7.28. The van der Waals surface area contributed by atoms with Gasteiger partial charge in [0.15, 0.2) is 5.82 Å². The van der Waals surface area contributed by atoms with Crippen molar-refractivity contribution in [1.29, 1.82) is 0 Å². The van der Waals surface area contributed by atoms with Crippen molar-refractivity contribution < 1.29 is 18.7 Å². The van der Waals surface area contributed by atoms with Crippen LogP contribution in [0.3, 0.4) is 0 Å². The Morgan fingerprint density at radius 2 is 1.95 bits per heavy atom. The Kier molecular flexibility index (Phi) is 9.20. The molecule has 11 heteroatoms. The zero-order chi connectivity index (χ0) is 28.6. The minimum absolute atomic E-state index is 0.00559. The summed E-state index contributed by atoms with van der Waals surface area (Å²) in [6.07, 6.45) is 2.89. The number of rotatable bonds is 10. The second kappa shape index (κ2) is 13.0. The van der Waals surface area contributed by atoms with Crippen LogP contribution in [-0.4, -0.2) is 61.7 Å². The van der Waals surface area contributed by atoms with Gasteiger partial charge in [-0.3, -0.25) is 9.59 Å². The summed E-state index contributed by atoms with van der Waals surface area (Å²) in [6, 6.07) is 16.8. The number of nitrogens with one attached hydrogen (secondary N) is 2. The molecular weight excluding hydrogens is 531 g/mol. The highest BCUT2D eigenvalue weighted by molar-refractivity contribution is 7.20. The Labute approximate surface area is 235 Å². The van der Waals surface area contributed by atoms with Gasteiger partial charge in [0.25, 0.3) is 11.8 Å². The van der Waals surface area contributed by atoms with E-state index in [9.17, 15) is 14.0 Å². The average molecular weight is 561 g/mol. The minimum Gasteiger partial charge on any atom is -0.491 e. The third-order valence-electron chi connectivity index (χ3n) is 5.71. The van der Waals surface area contributed by atoms with Gasteiger partial charge in [0, 0.05) is 24.0 Å². The van der Waals surface area contributed by atoms with Gasteiger partial charge >= 0.3 is 0 Å². The molecule has 9 nitrogen and oxygen atoms in total. The number of thiophene rings is 1. The highest BCUT2D eigenvalue weighted by Gasteiger charge is 2.15. The molecule has 0 saturated heterocycles. The van der Waals surface area contributed by atoms with E-state index >= 15 is 0 Å². The van der Waals surface area contributed by atoms with Crippen molar-refractivity contribution in [2.24, 2.45) is 10.7 Å². The molecule has 2 heterocycles. The van der Waals surface area contributed by atoms with E-state index in [2.05, 4.69) is 20.6 Å². The lowest BCUT2D eigenvalue weighted by molar-refractivity contribution is -0.114. The lowest BCUT2D eigenvalue weighted by atomic mass is 10.1. The van der Waals surface area contributed by atoms with Crippen LogP contribution in [-0.2, 0) is 4.79 Å². The van der Waals surface area contributed by atoms with E-state index < -0.39 is 17.6 Å².